The SMILES string of the molecule is CCc1ccc(C(=O)COc2ccc(F)c(C)c2)cc1. The predicted octanol–water partition coefficient (Wildman–Crippen LogP) is 3.96. The third-order valence-corrected chi connectivity index (χ3v) is 3.18. The molecule has 2 nitrogen and oxygen atoms in total. The zero-order chi connectivity index (χ0) is 14.5. The second-order valence-electron chi connectivity index (χ2n) is 4.67. The summed E-state index contributed by atoms with van der Waals surface area (Å²) in [5.41, 5.74) is 2.32. The molecule has 0 heterocycles. The summed E-state index contributed by atoms with van der Waals surface area (Å²) in [5, 5.41) is 0. The largest absolute Gasteiger partial charge is 0.485 e. The molecule has 0 aliphatic heterocycles. The van der Waals surface area contributed by atoms with Gasteiger partial charge in [-0.05, 0) is 42.7 Å². The lowest BCUT2D eigenvalue weighted by Crippen LogP contribution is -2.11. The van der Waals surface area contributed by atoms with E-state index < -0.39 is 0 Å². The summed E-state index contributed by atoms with van der Waals surface area (Å²) >= 11 is 0. The van der Waals surface area contributed by atoms with Crippen LogP contribution in [0.15, 0.2) is 42.5 Å². The normalized spacial score (nSPS) is 10.3. The molecule has 0 bridgehead atoms. The van der Waals surface area contributed by atoms with Gasteiger partial charge < -0.3 is 4.74 Å². The lowest BCUT2D eigenvalue weighted by Gasteiger charge is -2.07. The number of carbonyl (C=O) groups excluding carboxylic acids is 1. The van der Waals surface area contributed by atoms with Crippen LogP contribution in [0.3, 0.4) is 0 Å². The summed E-state index contributed by atoms with van der Waals surface area (Å²) in [6.07, 6.45) is 0.944. The van der Waals surface area contributed by atoms with Gasteiger partial charge in [-0.25, -0.2) is 4.39 Å². The highest BCUT2D eigenvalue weighted by Gasteiger charge is 2.07. The third kappa shape index (κ3) is 3.44. The molecule has 2 aromatic carbocycles. The maximum atomic E-state index is 13.1. The molecular weight excluding hydrogens is 255 g/mol. The average Bonchev–Trinajstić information content (AvgIpc) is 2.48. The van der Waals surface area contributed by atoms with E-state index in [9.17, 15) is 9.18 Å². The number of hydrogen-bond acceptors (Lipinski definition) is 2. The molecule has 0 aliphatic rings. The highest BCUT2D eigenvalue weighted by atomic mass is 19.1. The summed E-state index contributed by atoms with van der Waals surface area (Å²) in [6.45, 7) is 3.68. The number of ether oxygens (including phenoxy) is 1. The van der Waals surface area contributed by atoms with Crippen molar-refractivity contribution in [2.24, 2.45) is 0 Å². The Morgan fingerprint density at radius 2 is 1.85 bits per heavy atom. The zero-order valence-corrected chi connectivity index (χ0v) is 11.7. The minimum atomic E-state index is -0.279. The van der Waals surface area contributed by atoms with E-state index >= 15 is 0 Å². The van der Waals surface area contributed by atoms with E-state index in [-0.39, 0.29) is 18.2 Å². The van der Waals surface area contributed by atoms with Crippen molar-refractivity contribution < 1.29 is 13.9 Å². The number of benzene rings is 2. The highest BCUT2D eigenvalue weighted by molar-refractivity contribution is 5.97. The molecule has 20 heavy (non-hydrogen) atoms. The number of Topliss-reactive ketones (excluding diaryl/α,β-unsaturated/α-hetero) is 1. The molecule has 0 radical (unpaired) electrons. The Labute approximate surface area is 118 Å². The molecule has 0 saturated carbocycles. The first kappa shape index (κ1) is 14.3. The van der Waals surface area contributed by atoms with Crippen LogP contribution in [0.1, 0.15) is 28.4 Å². The van der Waals surface area contributed by atoms with Crippen molar-refractivity contribution in [3.8, 4) is 5.75 Å². The van der Waals surface area contributed by atoms with E-state index in [1.54, 1.807) is 25.1 Å². The first-order chi connectivity index (χ1) is 9.60. The summed E-state index contributed by atoms with van der Waals surface area (Å²) in [6, 6.07) is 11.9. The first-order valence-corrected chi connectivity index (χ1v) is 6.61. The lowest BCUT2D eigenvalue weighted by molar-refractivity contribution is 0.0921. The maximum absolute atomic E-state index is 13.1. The Morgan fingerprint density at radius 3 is 2.45 bits per heavy atom. The highest BCUT2D eigenvalue weighted by Crippen LogP contribution is 2.16. The Kier molecular flexibility index (Phi) is 4.51. The van der Waals surface area contributed by atoms with Gasteiger partial charge in [0.15, 0.2) is 12.4 Å². The fraction of sp³-hybridized carbons (Fsp3) is 0.235. The van der Waals surface area contributed by atoms with Crippen molar-refractivity contribution in [1.29, 1.82) is 0 Å². The second-order valence-corrected chi connectivity index (χ2v) is 4.67. The third-order valence-electron chi connectivity index (χ3n) is 3.18. The van der Waals surface area contributed by atoms with Crippen LogP contribution in [0, 0.1) is 12.7 Å². The number of carbonyl (C=O) groups is 1. The molecule has 2 rings (SSSR count). The van der Waals surface area contributed by atoms with Crippen LogP contribution in [0.5, 0.6) is 5.75 Å². The number of rotatable bonds is 5. The number of ketones is 1. The quantitative estimate of drug-likeness (QED) is 0.770. The summed E-state index contributed by atoms with van der Waals surface area (Å²) in [7, 11) is 0. The van der Waals surface area contributed by atoms with E-state index in [4.69, 9.17) is 4.74 Å². The average molecular weight is 272 g/mol. The summed E-state index contributed by atoms with van der Waals surface area (Å²) in [5.74, 6) is 0.135. The van der Waals surface area contributed by atoms with E-state index in [1.807, 2.05) is 12.1 Å². The van der Waals surface area contributed by atoms with Gasteiger partial charge in [0.25, 0.3) is 0 Å². The topological polar surface area (TPSA) is 26.3 Å². The summed E-state index contributed by atoms with van der Waals surface area (Å²) < 4.78 is 18.5. The van der Waals surface area contributed by atoms with Crippen molar-refractivity contribution in [2.45, 2.75) is 20.3 Å². The molecule has 0 saturated heterocycles. The molecule has 2 aromatic rings. The molecule has 0 spiro atoms. The van der Waals surface area contributed by atoms with Crippen molar-refractivity contribution in [1.82, 2.24) is 0 Å². The molecule has 104 valence electrons. The van der Waals surface area contributed by atoms with Crippen molar-refractivity contribution in [3.05, 3.63) is 65.0 Å². The Morgan fingerprint density at radius 1 is 1.15 bits per heavy atom. The fourth-order valence-electron chi connectivity index (χ4n) is 1.87. The van der Waals surface area contributed by atoms with Gasteiger partial charge in [0, 0.05) is 5.56 Å². The van der Waals surface area contributed by atoms with Crippen LogP contribution in [0.4, 0.5) is 4.39 Å². The zero-order valence-electron chi connectivity index (χ0n) is 11.7. The molecule has 0 aliphatic carbocycles. The second kappa shape index (κ2) is 6.33. The van der Waals surface area contributed by atoms with Gasteiger partial charge in [0.2, 0.25) is 0 Å². The van der Waals surface area contributed by atoms with Crippen molar-refractivity contribution >= 4 is 5.78 Å². The van der Waals surface area contributed by atoms with Gasteiger partial charge in [0.05, 0.1) is 0 Å². The minimum absolute atomic E-state index is 0.0451. The molecule has 0 unspecified atom stereocenters. The minimum Gasteiger partial charge on any atom is -0.485 e. The van der Waals surface area contributed by atoms with Crippen molar-refractivity contribution in [3.63, 3.8) is 0 Å². The Hall–Kier alpha value is -2.16. The molecule has 0 fully saturated rings. The van der Waals surface area contributed by atoms with Crippen LogP contribution < -0.4 is 4.74 Å². The van der Waals surface area contributed by atoms with Crippen LogP contribution in [-0.2, 0) is 6.42 Å². The lowest BCUT2D eigenvalue weighted by atomic mass is 10.1. The molecule has 0 atom stereocenters. The van der Waals surface area contributed by atoms with E-state index in [0.29, 0.717) is 16.9 Å². The van der Waals surface area contributed by atoms with Gasteiger partial charge >= 0.3 is 0 Å². The molecular formula is C17H17FO2. The van der Waals surface area contributed by atoms with Gasteiger partial charge in [-0.3, -0.25) is 4.79 Å². The van der Waals surface area contributed by atoms with Gasteiger partial charge in [-0.15, -0.1) is 0 Å². The number of hydrogen-bond donors (Lipinski definition) is 0. The Balaban J connectivity index is 1.98. The Bertz CT molecular complexity index is 603. The van der Waals surface area contributed by atoms with Crippen LogP contribution in [0.2, 0.25) is 0 Å². The van der Waals surface area contributed by atoms with Crippen LogP contribution in [0.25, 0.3) is 0 Å². The number of aryl methyl sites for hydroxylation is 2. The first-order valence-electron chi connectivity index (χ1n) is 6.61. The standard InChI is InChI=1S/C17H17FO2/c1-3-13-4-6-14(7-5-13)17(19)11-20-15-8-9-16(18)12(2)10-15/h4-10H,3,11H2,1-2H3. The smallest absolute Gasteiger partial charge is 0.200 e. The van der Waals surface area contributed by atoms with Gasteiger partial charge in [-0.2, -0.15) is 0 Å². The number of halogens is 1. The maximum Gasteiger partial charge on any atom is 0.200 e. The molecule has 0 N–H and O–H groups in total. The summed E-state index contributed by atoms with van der Waals surface area (Å²) in [4.78, 5) is 12.0. The molecule has 0 aromatic heterocycles. The van der Waals surface area contributed by atoms with Crippen molar-refractivity contribution in [2.75, 3.05) is 6.61 Å². The fourth-order valence-corrected chi connectivity index (χ4v) is 1.87. The monoisotopic (exact) mass is 272 g/mol. The van der Waals surface area contributed by atoms with E-state index in [1.165, 1.54) is 17.7 Å². The van der Waals surface area contributed by atoms with Gasteiger partial charge in [0.1, 0.15) is 11.6 Å². The predicted molar refractivity (Wildman–Crippen MR) is 76.8 cm³/mol. The molecule has 0 amide bonds. The molecule has 3 heteroatoms. The van der Waals surface area contributed by atoms with Gasteiger partial charge in [-0.1, -0.05) is 31.2 Å². The van der Waals surface area contributed by atoms with Crippen LogP contribution in [-0.4, -0.2) is 12.4 Å². The van der Waals surface area contributed by atoms with E-state index in [2.05, 4.69) is 6.92 Å². The van der Waals surface area contributed by atoms with Crippen LogP contribution >= 0.6 is 0 Å². The van der Waals surface area contributed by atoms with E-state index in [0.717, 1.165) is 6.42 Å².